The number of nitrogens with zero attached hydrogens (tertiary/aromatic N) is 3. The zero-order chi connectivity index (χ0) is 24.7. The number of fused-ring (bicyclic) bond motifs is 3. The van der Waals surface area contributed by atoms with Crippen LogP contribution in [0.25, 0.3) is 21.8 Å². The van der Waals surface area contributed by atoms with Gasteiger partial charge in [0, 0.05) is 79.8 Å². The van der Waals surface area contributed by atoms with E-state index < -0.39 is 5.91 Å². The minimum absolute atomic E-state index is 0.0168. The van der Waals surface area contributed by atoms with Crippen LogP contribution in [0.3, 0.4) is 0 Å². The second kappa shape index (κ2) is 9.22. The first kappa shape index (κ1) is 23.2. The summed E-state index contributed by atoms with van der Waals surface area (Å²) in [6.45, 7) is 6.23. The Labute approximate surface area is 204 Å². The first-order valence-electron chi connectivity index (χ1n) is 12.2. The molecule has 9 nitrogen and oxygen atoms in total. The van der Waals surface area contributed by atoms with Crippen LogP contribution in [-0.4, -0.2) is 84.9 Å². The number of anilines is 1. The first-order valence-corrected chi connectivity index (χ1v) is 12.2. The molecule has 3 aromatic rings. The molecule has 0 radical (unpaired) electrons. The van der Waals surface area contributed by atoms with Gasteiger partial charge in [-0.25, -0.2) is 0 Å². The topological polar surface area (TPSA) is 115 Å². The van der Waals surface area contributed by atoms with Crippen LogP contribution in [0.15, 0.2) is 30.3 Å². The van der Waals surface area contributed by atoms with Crippen LogP contribution in [0, 0.1) is 0 Å². The minimum atomic E-state index is -0.503. The number of piperidine rings is 1. The maximum atomic E-state index is 13.2. The number of likely N-dealkylation sites (N-methyl/N-ethyl adjacent to an activating group) is 1. The Bertz CT molecular complexity index is 1310. The van der Waals surface area contributed by atoms with Gasteiger partial charge in [-0.1, -0.05) is 6.07 Å². The van der Waals surface area contributed by atoms with Crippen molar-refractivity contribution < 1.29 is 14.4 Å². The lowest BCUT2D eigenvalue weighted by molar-refractivity contribution is -0.119. The summed E-state index contributed by atoms with van der Waals surface area (Å²) in [7, 11) is 2.06. The van der Waals surface area contributed by atoms with E-state index in [4.69, 9.17) is 5.73 Å². The number of rotatable bonds is 4. The van der Waals surface area contributed by atoms with Crippen LogP contribution < -0.4 is 16.0 Å². The van der Waals surface area contributed by atoms with E-state index in [1.165, 1.54) is 0 Å². The van der Waals surface area contributed by atoms with Gasteiger partial charge in [0.2, 0.25) is 5.91 Å². The Kier molecular flexibility index (Phi) is 6.10. The van der Waals surface area contributed by atoms with Crippen molar-refractivity contribution in [2.45, 2.75) is 25.8 Å². The maximum Gasteiger partial charge on any atom is 0.254 e. The lowest BCUT2D eigenvalue weighted by Crippen LogP contribution is -2.47. The molecule has 35 heavy (non-hydrogen) atoms. The molecule has 0 unspecified atom stereocenters. The molecule has 2 aliphatic heterocycles. The molecular formula is C26H32N6O3. The Morgan fingerprint density at radius 3 is 2.54 bits per heavy atom. The third kappa shape index (κ3) is 4.43. The highest BCUT2D eigenvalue weighted by molar-refractivity contribution is 6.20. The summed E-state index contributed by atoms with van der Waals surface area (Å²) >= 11 is 0. The zero-order valence-electron chi connectivity index (χ0n) is 20.3. The van der Waals surface area contributed by atoms with Gasteiger partial charge in [0.05, 0.1) is 11.1 Å². The summed E-state index contributed by atoms with van der Waals surface area (Å²) < 4.78 is 0. The minimum Gasteiger partial charge on any atom is -0.369 e. The van der Waals surface area contributed by atoms with Gasteiger partial charge in [0.15, 0.2) is 0 Å². The van der Waals surface area contributed by atoms with E-state index in [0.29, 0.717) is 36.3 Å². The third-order valence-electron chi connectivity index (χ3n) is 7.20. The SMILES string of the molecule is CC(=O)N[C@@H]1CCCN(c2ccc(C(N)=O)c3[nH]c4cc(C(=O)N5CCN(C)CC5)ccc4c23)C1. The van der Waals surface area contributed by atoms with Gasteiger partial charge >= 0.3 is 0 Å². The number of amides is 3. The van der Waals surface area contributed by atoms with Crippen LogP contribution in [0.2, 0.25) is 0 Å². The summed E-state index contributed by atoms with van der Waals surface area (Å²) in [4.78, 5) is 46.8. The van der Waals surface area contributed by atoms with Crippen molar-refractivity contribution in [3.63, 3.8) is 0 Å². The number of hydrogen-bond donors (Lipinski definition) is 3. The zero-order valence-corrected chi connectivity index (χ0v) is 20.3. The van der Waals surface area contributed by atoms with Crippen molar-refractivity contribution in [2.75, 3.05) is 51.2 Å². The molecule has 4 N–H and O–H groups in total. The number of benzene rings is 2. The largest absolute Gasteiger partial charge is 0.369 e. The van der Waals surface area contributed by atoms with Gasteiger partial charge < -0.3 is 30.7 Å². The van der Waals surface area contributed by atoms with Crippen LogP contribution >= 0.6 is 0 Å². The lowest BCUT2D eigenvalue weighted by Gasteiger charge is -2.35. The average Bonchev–Trinajstić information content (AvgIpc) is 3.22. The van der Waals surface area contributed by atoms with E-state index >= 15 is 0 Å². The van der Waals surface area contributed by atoms with E-state index in [2.05, 4.69) is 27.1 Å². The number of nitrogens with two attached hydrogens (primary N) is 1. The molecule has 0 aliphatic carbocycles. The number of aromatic amines is 1. The maximum absolute atomic E-state index is 13.2. The fraction of sp³-hybridized carbons (Fsp3) is 0.423. The first-order chi connectivity index (χ1) is 16.8. The van der Waals surface area contributed by atoms with E-state index in [9.17, 15) is 14.4 Å². The van der Waals surface area contributed by atoms with Gasteiger partial charge in [-0.2, -0.15) is 0 Å². The Morgan fingerprint density at radius 2 is 1.83 bits per heavy atom. The van der Waals surface area contributed by atoms with Crippen molar-refractivity contribution in [3.05, 3.63) is 41.5 Å². The molecule has 1 aromatic heterocycles. The predicted molar refractivity (Wildman–Crippen MR) is 137 cm³/mol. The molecule has 3 amide bonds. The number of aromatic nitrogens is 1. The molecule has 184 valence electrons. The van der Waals surface area contributed by atoms with Crippen LogP contribution in [0.4, 0.5) is 5.69 Å². The van der Waals surface area contributed by atoms with Gasteiger partial charge in [-0.15, -0.1) is 0 Å². The lowest BCUT2D eigenvalue weighted by atomic mass is 10.0. The van der Waals surface area contributed by atoms with E-state index in [0.717, 1.165) is 54.5 Å². The van der Waals surface area contributed by atoms with Crippen molar-refractivity contribution >= 4 is 45.2 Å². The standard InChI is InChI=1S/C26H32N6O3/c1-16(33)28-18-4-3-9-32(15-18)22-8-7-20(25(27)34)24-23(22)19-6-5-17(14-21(19)29-24)26(35)31-12-10-30(2)11-13-31/h5-8,14,18,29H,3-4,9-13,15H2,1-2H3,(H2,27,34)(H,28,33)/t18-/m1/s1. The average molecular weight is 477 g/mol. The Hall–Kier alpha value is -3.59. The number of H-pyrrole nitrogens is 1. The molecule has 2 aromatic carbocycles. The highest BCUT2D eigenvalue weighted by Gasteiger charge is 2.26. The van der Waals surface area contributed by atoms with E-state index in [1.54, 1.807) is 13.0 Å². The van der Waals surface area contributed by atoms with E-state index in [1.807, 2.05) is 29.2 Å². The summed E-state index contributed by atoms with van der Waals surface area (Å²) in [6, 6.07) is 9.47. The molecule has 2 aliphatic rings. The highest BCUT2D eigenvalue weighted by atomic mass is 16.2. The molecule has 9 heteroatoms. The predicted octanol–water partition coefficient (Wildman–Crippen LogP) is 1.91. The van der Waals surface area contributed by atoms with Gasteiger partial charge in [0.25, 0.3) is 11.8 Å². The van der Waals surface area contributed by atoms with Crippen LogP contribution in [0.1, 0.15) is 40.5 Å². The Morgan fingerprint density at radius 1 is 1.06 bits per heavy atom. The quantitative estimate of drug-likeness (QED) is 0.532. The van der Waals surface area contributed by atoms with Crippen molar-refractivity contribution in [1.29, 1.82) is 0 Å². The van der Waals surface area contributed by atoms with Gasteiger partial charge in [-0.05, 0) is 44.2 Å². The smallest absolute Gasteiger partial charge is 0.254 e. The summed E-state index contributed by atoms with van der Waals surface area (Å²) in [6.07, 6.45) is 1.89. The highest BCUT2D eigenvalue weighted by Crippen LogP contribution is 2.37. The molecule has 0 bridgehead atoms. The summed E-state index contributed by atoms with van der Waals surface area (Å²) in [5.74, 6) is -0.518. The fourth-order valence-electron chi connectivity index (χ4n) is 5.39. The molecule has 2 saturated heterocycles. The molecule has 2 fully saturated rings. The third-order valence-corrected chi connectivity index (χ3v) is 7.20. The molecule has 0 spiro atoms. The van der Waals surface area contributed by atoms with E-state index in [-0.39, 0.29) is 17.9 Å². The fourth-order valence-corrected chi connectivity index (χ4v) is 5.39. The number of carbonyl (C=O) groups excluding carboxylic acids is 3. The second-order valence-electron chi connectivity index (χ2n) is 9.71. The number of hydrogen-bond acceptors (Lipinski definition) is 5. The monoisotopic (exact) mass is 476 g/mol. The van der Waals surface area contributed by atoms with Gasteiger partial charge in [-0.3, -0.25) is 14.4 Å². The number of piperazine rings is 1. The molecule has 1 atom stereocenters. The number of carbonyl (C=O) groups is 3. The van der Waals surface area contributed by atoms with Crippen molar-refractivity contribution in [2.24, 2.45) is 5.73 Å². The molecular weight excluding hydrogens is 444 g/mol. The Balaban J connectivity index is 1.56. The van der Waals surface area contributed by atoms with Crippen LogP contribution in [0.5, 0.6) is 0 Å². The normalized spacial score (nSPS) is 19.3. The van der Waals surface area contributed by atoms with Gasteiger partial charge in [0.1, 0.15) is 0 Å². The summed E-state index contributed by atoms with van der Waals surface area (Å²) in [5, 5.41) is 4.89. The molecule has 5 rings (SSSR count). The van der Waals surface area contributed by atoms with Crippen LogP contribution in [-0.2, 0) is 4.79 Å². The number of nitrogens with one attached hydrogen (secondary N) is 2. The van der Waals surface area contributed by atoms with Crippen molar-refractivity contribution in [1.82, 2.24) is 20.1 Å². The molecule has 0 saturated carbocycles. The van der Waals surface area contributed by atoms with Crippen molar-refractivity contribution in [3.8, 4) is 0 Å². The summed E-state index contributed by atoms with van der Waals surface area (Å²) in [5.41, 5.74) is 9.22. The molecule has 3 heterocycles. The number of primary amides is 1. The second-order valence-corrected chi connectivity index (χ2v) is 9.71.